The molecule has 0 atom stereocenters. The summed E-state index contributed by atoms with van der Waals surface area (Å²) in [4.78, 5) is 12.0. The van der Waals surface area contributed by atoms with Gasteiger partial charge < -0.3 is 10.1 Å². The van der Waals surface area contributed by atoms with Gasteiger partial charge in [-0.15, -0.1) is 0 Å². The Kier molecular flexibility index (Phi) is 5.23. The first-order valence-electron chi connectivity index (χ1n) is 6.73. The van der Waals surface area contributed by atoms with Gasteiger partial charge in [0.25, 0.3) is 0 Å². The standard InChI is InChI=1S/C17H18ClNO2/c1-12-3-5-13(6-4-12)11-19-17(20)10-14-9-15(18)7-8-16(14)21-2/h3-9H,10-11H2,1-2H3,(H,19,20). The Bertz CT molecular complexity index is 623. The summed E-state index contributed by atoms with van der Waals surface area (Å²) in [5.74, 6) is 0.612. The molecular formula is C17H18ClNO2. The Morgan fingerprint density at radius 3 is 2.57 bits per heavy atom. The summed E-state index contributed by atoms with van der Waals surface area (Å²) in [7, 11) is 1.58. The number of ether oxygens (including phenoxy) is 1. The summed E-state index contributed by atoms with van der Waals surface area (Å²) in [6, 6.07) is 13.3. The highest BCUT2D eigenvalue weighted by Crippen LogP contribution is 2.23. The van der Waals surface area contributed by atoms with Crippen molar-refractivity contribution in [3.05, 3.63) is 64.2 Å². The lowest BCUT2D eigenvalue weighted by Crippen LogP contribution is -2.24. The minimum absolute atomic E-state index is 0.0591. The average Bonchev–Trinajstić information content (AvgIpc) is 2.47. The lowest BCUT2D eigenvalue weighted by molar-refractivity contribution is -0.120. The molecule has 0 spiro atoms. The van der Waals surface area contributed by atoms with Gasteiger partial charge in [-0.05, 0) is 30.7 Å². The maximum atomic E-state index is 12.0. The van der Waals surface area contributed by atoms with E-state index in [2.05, 4.69) is 5.32 Å². The fourth-order valence-electron chi connectivity index (χ4n) is 2.03. The quantitative estimate of drug-likeness (QED) is 0.918. The lowest BCUT2D eigenvalue weighted by atomic mass is 10.1. The van der Waals surface area contributed by atoms with Gasteiger partial charge in [0, 0.05) is 17.1 Å². The van der Waals surface area contributed by atoms with Crippen LogP contribution in [0.1, 0.15) is 16.7 Å². The Morgan fingerprint density at radius 1 is 1.19 bits per heavy atom. The van der Waals surface area contributed by atoms with Crippen molar-refractivity contribution in [1.29, 1.82) is 0 Å². The number of methoxy groups -OCH3 is 1. The molecule has 0 saturated heterocycles. The monoisotopic (exact) mass is 303 g/mol. The van der Waals surface area contributed by atoms with E-state index in [0.717, 1.165) is 11.1 Å². The maximum absolute atomic E-state index is 12.0. The van der Waals surface area contributed by atoms with Gasteiger partial charge in [0.15, 0.2) is 0 Å². The highest BCUT2D eigenvalue weighted by atomic mass is 35.5. The molecule has 110 valence electrons. The van der Waals surface area contributed by atoms with Crippen molar-refractivity contribution in [1.82, 2.24) is 5.32 Å². The van der Waals surface area contributed by atoms with E-state index in [0.29, 0.717) is 17.3 Å². The second kappa shape index (κ2) is 7.14. The molecule has 0 unspecified atom stereocenters. The van der Waals surface area contributed by atoms with Gasteiger partial charge in [-0.25, -0.2) is 0 Å². The number of benzene rings is 2. The van der Waals surface area contributed by atoms with Crippen LogP contribution in [0.5, 0.6) is 5.75 Å². The number of aryl methyl sites for hydroxylation is 1. The van der Waals surface area contributed by atoms with Gasteiger partial charge in [0.1, 0.15) is 5.75 Å². The van der Waals surface area contributed by atoms with E-state index < -0.39 is 0 Å². The molecule has 4 heteroatoms. The first kappa shape index (κ1) is 15.4. The fraction of sp³-hybridized carbons (Fsp3) is 0.235. The summed E-state index contributed by atoms with van der Waals surface area (Å²) in [5.41, 5.74) is 3.06. The second-order valence-electron chi connectivity index (χ2n) is 4.90. The van der Waals surface area contributed by atoms with Crippen LogP contribution in [0.2, 0.25) is 5.02 Å². The largest absolute Gasteiger partial charge is 0.496 e. The minimum Gasteiger partial charge on any atom is -0.496 e. The van der Waals surface area contributed by atoms with Crippen molar-refractivity contribution < 1.29 is 9.53 Å². The van der Waals surface area contributed by atoms with Crippen LogP contribution in [-0.4, -0.2) is 13.0 Å². The van der Waals surface area contributed by atoms with Crippen molar-refractivity contribution in [2.24, 2.45) is 0 Å². The SMILES string of the molecule is COc1ccc(Cl)cc1CC(=O)NCc1ccc(C)cc1. The first-order valence-corrected chi connectivity index (χ1v) is 7.11. The molecule has 0 heterocycles. The van der Waals surface area contributed by atoms with Gasteiger partial charge in [0.05, 0.1) is 13.5 Å². The van der Waals surface area contributed by atoms with Gasteiger partial charge in [-0.1, -0.05) is 41.4 Å². The number of carbonyl (C=O) groups is 1. The Labute approximate surface area is 129 Å². The highest BCUT2D eigenvalue weighted by molar-refractivity contribution is 6.30. The maximum Gasteiger partial charge on any atom is 0.224 e. The topological polar surface area (TPSA) is 38.3 Å². The van der Waals surface area contributed by atoms with Crippen LogP contribution in [0.4, 0.5) is 0 Å². The number of carbonyl (C=O) groups excluding carboxylic acids is 1. The molecule has 0 fully saturated rings. The summed E-state index contributed by atoms with van der Waals surface area (Å²) >= 11 is 5.96. The molecule has 0 radical (unpaired) electrons. The van der Waals surface area contributed by atoms with E-state index in [1.165, 1.54) is 5.56 Å². The summed E-state index contributed by atoms with van der Waals surface area (Å²) in [6.07, 6.45) is 0.246. The van der Waals surface area contributed by atoms with Crippen molar-refractivity contribution in [3.8, 4) is 5.75 Å². The third-order valence-corrected chi connectivity index (χ3v) is 3.44. The van der Waals surface area contributed by atoms with Crippen molar-refractivity contribution >= 4 is 17.5 Å². The molecule has 0 aliphatic heterocycles. The number of rotatable bonds is 5. The van der Waals surface area contributed by atoms with E-state index in [9.17, 15) is 4.79 Å². The Hall–Kier alpha value is -2.00. The molecule has 21 heavy (non-hydrogen) atoms. The predicted octanol–water partition coefficient (Wildman–Crippen LogP) is 3.52. The van der Waals surface area contributed by atoms with Crippen LogP contribution in [0.25, 0.3) is 0 Å². The molecule has 0 aliphatic rings. The van der Waals surface area contributed by atoms with E-state index in [-0.39, 0.29) is 12.3 Å². The van der Waals surface area contributed by atoms with E-state index in [1.807, 2.05) is 31.2 Å². The van der Waals surface area contributed by atoms with E-state index >= 15 is 0 Å². The number of amides is 1. The van der Waals surface area contributed by atoms with Gasteiger partial charge >= 0.3 is 0 Å². The zero-order chi connectivity index (χ0) is 15.2. The minimum atomic E-state index is -0.0591. The number of hydrogen-bond donors (Lipinski definition) is 1. The third-order valence-electron chi connectivity index (χ3n) is 3.20. The molecule has 0 aliphatic carbocycles. The highest BCUT2D eigenvalue weighted by Gasteiger charge is 2.09. The molecule has 2 rings (SSSR count). The Balaban J connectivity index is 1.95. The average molecular weight is 304 g/mol. The molecule has 2 aromatic rings. The number of halogens is 1. The molecule has 1 amide bonds. The summed E-state index contributed by atoms with van der Waals surface area (Å²) < 4.78 is 5.24. The van der Waals surface area contributed by atoms with Crippen molar-refractivity contribution in [2.45, 2.75) is 19.9 Å². The zero-order valence-corrected chi connectivity index (χ0v) is 12.9. The van der Waals surface area contributed by atoms with Crippen LogP contribution in [-0.2, 0) is 17.8 Å². The van der Waals surface area contributed by atoms with Crippen molar-refractivity contribution in [3.63, 3.8) is 0 Å². The summed E-state index contributed by atoms with van der Waals surface area (Å²) in [6.45, 7) is 2.55. The fourth-order valence-corrected chi connectivity index (χ4v) is 2.22. The zero-order valence-electron chi connectivity index (χ0n) is 12.2. The molecule has 2 aromatic carbocycles. The number of nitrogens with one attached hydrogen (secondary N) is 1. The first-order chi connectivity index (χ1) is 10.1. The predicted molar refractivity (Wildman–Crippen MR) is 84.7 cm³/mol. The molecule has 0 saturated carbocycles. The van der Waals surface area contributed by atoms with Crippen molar-refractivity contribution in [2.75, 3.05) is 7.11 Å². The van der Waals surface area contributed by atoms with Crippen LogP contribution in [0, 0.1) is 6.92 Å². The normalized spacial score (nSPS) is 10.2. The molecule has 3 nitrogen and oxygen atoms in total. The van der Waals surface area contributed by atoms with Crippen LogP contribution in [0.15, 0.2) is 42.5 Å². The summed E-state index contributed by atoms with van der Waals surface area (Å²) in [5, 5.41) is 3.49. The third kappa shape index (κ3) is 4.50. The number of hydrogen-bond acceptors (Lipinski definition) is 2. The molecule has 0 aromatic heterocycles. The molecule has 0 bridgehead atoms. The van der Waals surface area contributed by atoms with Gasteiger partial charge in [-0.3, -0.25) is 4.79 Å². The smallest absolute Gasteiger partial charge is 0.224 e. The van der Waals surface area contributed by atoms with Crippen LogP contribution < -0.4 is 10.1 Å². The molecule has 1 N–H and O–H groups in total. The van der Waals surface area contributed by atoms with Crippen LogP contribution in [0.3, 0.4) is 0 Å². The second-order valence-corrected chi connectivity index (χ2v) is 5.33. The lowest BCUT2D eigenvalue weighted by Gasteiger charge is -2.10. The van der Waals surface area contributed by atoms with Gasteiger partial charge in [0.2, 0.25) is 5.91 Å². The van der Waals surface area contributed by atoms with E-state index in [1.54, 1.807) is 25.3 Å². The van der Waals surface area contributed by atoms with E-state index in [4.69, 9.17) is 16.3 Å². The Morgan fingerprint density at radius 2 is 1.90 bits per heavy atom. The molecular weight excluding hydrogens is 286 g/mol. The van der Waals surface area contributed by atoms with Gasteiger partial charge in [-0.2, -0.15) is 0 Å². The van der Waals surface area contributed by atoms with Crippen LogP contribution >= 0.6 is 11.6 Å².